The van der Waals surface area contributed by atoms with Gasteiger partial charge in [-0.15, -0.1) is 11.3 Å². The average Bonchev–Trinajstić information content (AvgIpc) is 3.15. The number of nitrogens with one attached hydrogen (secondary N) is 1. The number of nitrogens with zero attached hydrogens (tertiary/aromatic N) is 1. The van der Waals surface area contributed by atoms with E-state index in [-0.39, 0.29) is 18.0 Å². The van der Waals surface area contributed by atoms with Gasteiger partial charge in [-0.05, 0) is 48.6 Å². The Kier molecular flexibility index (Phi) is 4.76. The third-order valence-electron chi connectivity index (χ3n) is 4.88. The van der Waals surface area contributed by atoms with Gasteiger partial charge in [-0.2, -0.15) is 0 Å². The lowest BCUT2D eigenvalue weighted by Crippen LogP contribution is -2.45. The number of rotatable bonds is 4. The highest BCUT2D eigenvalue weighted by Gasteiger charge is 2.33. The van der Waals surface area contributed by atoms with E-state index in [4.69, 9.17) is 0 Å². The predicted octanol–water partition coefficient (Wildman–Crippen LogP) is 5.27. The molecule has 26 heavy (non-hydrogen) atoms. The molecule has 3 aromatic rings. The molecule has 0 saturated carbocycles. The van der Waals surface area contributed by atoms with E-state index in [0.717, 1.165) is 22.7 Å². The first kappa shape index (κ1) is 16.9. The molecule has 1 amide bonds. The molecule has 1 aromatic heterocycles. The lowest BCUT2D eigenvalue weighted by atomic mass is 9.91. The first-order valence-electron chi connectivity index (χ1n) is 8.97. The standard InChI is InChI=1S/C22H22N2OS/c1-16-14-20(23-17-8-3-2-4-9-17)19-11-5-6-12-21(19)24(16)22(25)15-18-10-7-13-26-18/h2-13,16,20,23H,14-15H2,1H3. The Labute approximate surface area is 158 Å². The number of para-hydroxylation sites is 2. The van der Waals surface area contributed by atoms with Gasteiger partial charge >= 0.3 is 0 Å². The molecule has 0 aliphatic carbocycles. The van der Waals surface area contributed by atoms with Gasteiger partial charge in [-0.1, -0.05) is 42.5 Å². The van der Waals surface area contributed by atoms with Crippen molar-refractivity contribution in [3.05, 3.63) is 82.6 Å². The molecule has 2 unspecified atom stereocenters. The second-order valence-corrected chi connectivity index (χ2v) is 7.76. The zero-order valence-electron chi connectivity index (χ0n) is 14.8. The predicted molar refractivity (Wildman–Crippen MR) is 109 cm³/mol. The monoisotopic (exact) mass is 362 g/mol. The second-order valence-electron chi connectivity index (χ2n) is 6.73. The van der Waals surface area contributed by atoms with Gasteiger partial charge in [0.05, 0.1) is 12.5 Å². The zero-order chi connectivity index (χ0) is 17.9. The highest BCUT2D eigenvalue weighted by molar-refractivity contribution is 7.10. The smallest absolute Gasteiger partial charge is 0.232 e. The molecule has 2 heterocycles. The van der Waals surface area contributed by atoms with E-state index < -0.39 is 0 Å². The van der Waals surface area contributed by atoms with Crippen molar-refractivity contribution in [3.8, 4) is 0 Å². The highest BCUT2D eigenvalue weighted by Crippen LogP contribution is 2.39. The van der Waals surface area contributed by atoms with E-state index in [1.807, 2.05) is 46.7 Å². The van der Waals surface area contributed by atoms with Crippen LogP contribution in [0.1, 0.15) is 29.8 Å². The van der Waals surface area contributed by atoms with Crippen molar-refractivity contribution in [1.29, 1.82) is 0 Å². The molecule has 0 radical (unpaired) electrons. The number of carbonyl (C=O) groups excluding carboxylic acids is 1. The van der Waals surface area contributed by atoms with Crippen LogP contribution in [0.25, 0.3) is 0 Å². The van der Waals surface area contributed by atoms with Crippen LogP contribution in [-0.4, -0.2) is 11.9 Å². The van der Waals surface area contributed by atoms with Gasteiger partial charge in [0.2, 0.25) is 5.91 Å². The molecule has 0 spiro atoms. The number of hydrogen-bond acceptors (Lipinski definition) is 3. The summed E-state index contributed by atoms with van der Waals surface area (Å²) in [5.41, 5.74) is 3.33. The summed E-state index contributed by atoms with van der Waals surface area (Å²) in [7, 11) is 0. The minimum atomic E-state index is 0.151. The minimum Gasteiger partial charge on any atom is -0.378 e. The Morgan fingerprint density at radius 3 is 2.62 bits per heavy atom. The number of thiophene rings is 1. The molecular formula is C22H22N2OS. The molecule has 0 saturated heterocycles. The van der Waals surface area contributed by atoms with Crippen LogP contribution in [0.3, 0.4) is 0 Å². The maximum atomic E-state index is 13.0. The molecule has 132 valence electrons. The van der Waals surface area contributed by atoms with E-state index in [0.29, 0.717) is 6.42 Å². The average molecular weight is 362 g/mol. The van der Waals surface area contributed by atoms with E-state index in [1.165, 1.54) is 5.56 Å². The third kappa shape index (κ3) is 3.37. The first-order valence-corrected chi connectivity index (χ1v) is 9.85. The second kappa shape index (κ2) is 7.34. The lowest BCUT2D eigenvalue weighted by molar-refractivity contribution is -0.118. The third-order valence-corrected chi connectivity index (χ3v) is 5.75. The molecule has 4 rings (SSSR count). The summed E-state index contributed by atoms with van der Waals surface area (Å²) in [5.74, 6) is 0.172. The number of benzene rings is 2. The summed E-state index contributed by atoms with van der Waals surface area (Å²) in [4.78, 5) is 16.1. The van der Waals surface area contributed by atoms with Crippen LogP contribution >= 0.6 is 11.3 Å². The van der Waals surface area contributed by atoms with Crippen LogP contribution in [0.15, 0.2) is 72.1 Å². The molecule has 2 aromatic carbocycles. The fraction of sp³-hybridized carbons (Fsp3) is 0.227. The van der Waals surface area contributed by atoms with Crippen LogP contribution in [0.5, 0.6) is 0 Å². The molecule has 0 bridgehead atoms. The van der Waals surface area contributed by atoms with Gasteiger partial charge in [-0.3, -0.25) is 4.79 Å². The van der Waals surface area contributed by atoms with Gasteiger partial charge in [0.15, 0.2) is 0 Å². The highest BCUT2D eigenvalue weighted by atomic mass is 32.1. The first-order chi connectivity index (χ1) is 12.7. The summed E-state index contributed by atoms with van der Waals surface area (Å²) < 4.78 is 0. The fourth-order valence-corrected chi connectivity index (χ4v) is 4.41. The maximum absolute atomic E-state index is 13.0. The van der Waals surface area contributed by atoms with Crippen LogP contribution < -0.4 is 10.2 Å². The van der Waals surface area contributed by atoms with Crippen molar-refractivity contribution in [2.75, 3.05) is 10.2 Å². The van der Waals surface area contributed by atoms with Crippen molar-refractivity contribution in [2.45, 2.75) is 31.8 Å². The fourth-order valence-electron chi connectivity index (χ4n) is 3.71. The Hall–Kier alpha value is -2.59. The minimum absolute atomic E-state index is 0.151. The van der Waals surface area contributed by atoms with Crippen molar-refractivity contribution in [3.63, 3.8) is 0 Å². The Morgan fingerprint density at radius 1 is 1.08 bits per heavy atom. The Morgan fingerprint density at radius 2 is 1.85 bits per heavy atom. The van der Waals surface area contributed by atoms with Crippen molar-refractivity contribution in [2.24, 2.45) is 0 Å². The zero-order valence-corrected chi connectivity index (χ0v) is 15.6. The van der Waals surface area contributed by atoms with Crippen LogP contribution in [0, 0.1) is 0 Å². The molecule has 1 aliphatic rings. The molecule has 4 heteroatoms. The van der Waals surface area contributed by atoms with Crippen molar-refractivity contribution < 1.29 is 4.79 Å². The summed E-state index contributed by atoms with van der Waals surface area (Å²) in [6.07, 6.45) is 1.36. The SMILES string of the molecule is CC1CC(Nc2ccccc2)c2ccccc2N1C(=O)Cc1cccs1. The molecule has 0 fully saturated rings. The number of anilines is 2. The summed E-state index contributed by atoms with van der Waals surface area (Å²) in [5, 5.41) is 5.66. The van der Waals surface area contributed by atoms with Crippen molar-refractivity contribution >= 4 is 28.6 Å². The van der Waals surface area contributed by atoms with E-state index in [2.05, 4.69) is 42.6 Å². The van der Waals surface area contributed by atoms with Gasteiger partial charge in [0.25, 0.3) is 0 Å². The Balaban J connectivity index is 1.62. The van der Waals surface area contributed by atoms with Gasteiger partial charge in [0, 0.05) is 22.3 Å². The lowest BCUT2D eigenvalue weighted by Gasteiger charge is -2.40. The van der Waals surface area contributed by atoms with Crippen LogP contribution in [0.4, 0.5) is 11.4 Å². The van der Waals surface area contributed by atoms with Crippen LogP contribution in [-0.2, 0) is 11.2 Å². The van der Waals surface area contributed by atoms with Gasteiger partial charge in [0.1, 0.15) is 0 Å². The van der Waals surface area contributed by atoms with Gasteiger partial charge < -0.3 is 10.2 Å². The molecule has 1 aliphatic heterocycles. The van der Waals surface area contributed by atoms with E-state index >= 15 is 0 Å². The normalized spacial score (nSPS) is 19.0. The number of amides is 1. The van der Waals surface area contributed by atoms with Crippen molar-refractivity contribution in [1.82, 2.24) is 0 Å². The number of fused-ring (bicyclic) bond motifs is 1. The largest absolute Gasteiger partial charge is 0.378 e. The Bertz CT molecular complexity index is 876. The van der Waals surface area contributed by atoms with Crippen LogP contribution in [0.2, 0.25) is 0 Å². The summed E-state index contributed by atoms with van der Waals surface area (Å²) >= 11 is 1.64. The number of hydrogen-bond donors (Lipinski definition) is 1. The maximum Gasteiger partial charge on any atom is 0.232 e. The summed E-state index contributed by atoms with van der Waals surface area (Å²) in [6, 6.07) is 22.9. The number of carbonyl (C=O) groups is 1. The molecule has 2 atom stereocenters. The summed E-state index contributed by atoms with van der Waals surface area (Å²) in [6.45, 7) is 2.14. The van der Waals surface area contributed by atoms with E-state index in [9.17, 15) is 4.79 Å². The quantitative estimate of drug-likeness (QED) is 0.686. The molecule has 3 nitrogen and oxygen atoms in total. The molecule has 1 N–H and O–H groups in total. The topological polar surface area (TPSA) is 32.3 Å². The molecular weight excluding hydrogens is 340 g/mol. The van der Waals surface area contributed by atoms with Gasteiger partial charge in [-0.25, -0.2) is 0 Å². The van der Waals surface area contributed by atoms with E-state index in [1.54, 1.807) is 11.3 Å².